The molecule has 88 valence electrons. The first-order chi connectivity index (χ1) is 7.30. The summed E-state index contributed by atoms with van der Waals surface area (Å²) in [6, 6.07) is 5.92. The molecular weight excluding hydrogens is 209 g/mol. The third kappa shape index (κ3) is 3.31. The molecule has 16 heavy (non-hydrogen) atoms. The van der Waals surface area contributed by atoms with Crippen LogP contribution >= 0.6 is 0 Å². The summed E-state index contributed by atoms with van der Waals surface area (Å²) < 4.78 is 12.7. The van der Waals surface area contributed by atoms with E-state index in [1.165, 1.54) is 30.9 Å². The fraction of sp³-hybridized carbons (Fsp3) is 0.417. The highest BCUT2D eigenvalue weighted by atomic mass is 19.1. The van der Waals surface area contributed by atoms with Crippen molar-refractivity contribution < 1.29 is 14.3 Å². The fourth-order valence-corrected chi connectivity index (χ4v) is 1.40. The number of carbonyl (C=O) groups excluding carboxylic acids is 1. The van der Waals surface area contributed by atoms with Gasteiger partial charge in [0.05, 0.1) is 0 Å². The number of benzene rings is 1. The van der Waals surface area contributed by atoms with Crippen molar-refractivity contribution in [1.82, 2.24) is 4.90 Å². The molecule has 1 amide bonds. The summed E-state index contributed by atoms with van der Waals surface area (Å²) in [5.74, 6) is -0.669. The topological polar surface area (TPSA) is 40.5 Å². The van der Waals surface area contributed by atoms with Gasteiger partial charge in [-0.3, -0.25) is 4.79 Å². The monoisotopic (exact) mass is 225 g/mol. The van der Waals surface area contributed by atoms with Gasteiger partial charge < -0.3 is 10.0 Å². The van der Waals surface area contributed by atoms with E-state index in [1.54, 1.807) is 19.2 Å². The maximum Gasteiger partial charge on any atom is 0.253 e. The van der Waals surface area contributed by atoms with Crippen molar-refractivity contribution >= 4 is 5.91 Å². The Morgan fingerprint density at radius 2 is 1.88 bits per heavy atom. The van der Waals surface area contributed by atoms with E-state index in [0.717, 1.165) is 5.56 Å². The Morgan fingerprint density at radius 1 is 1.38 bits per heavy atom. The number of hydrogen-bond acceptors (Lipinski definition) is 2. The second kappa shape index (κ2) is 4.61. The van der Waals surface area contributed by atoms with E-state index >= 15 is 0 Å². The van der Waals surface area contributed by atoms with Crippen molar-refractivity contribution in [2.24, 2.45) is 0 Å². The van der Waals surface area contributed by atoms with Crippen LogP contribution < -0.4 is 0 Å². The lowest BCUT2D eigenvalue weighted by Gasteiger charge is -2.24. The summed E-state index contributed by atoms with van der Waals surface area (Å²) in [5, 5.41) is 9.53. The molecule has 0 aliphatic carbocycles. The van der Waals surface area contributed by atoms with Gasteiger partial charge in [0, 0.05) is 13.6 Å². The lowest BCUT2D eigenvalue weighted by molar-refractivity contribution is -0.146. The molecule has 0 saturated carbocycles. The van der Waals surface area contributed by atoms with Gasteiger partial charge in [0.1, 0.15) is 11.4 Å². The van der Waals surface area contributed by atoms with E-state index in [9.17, 15) is 14.3 Å². The Kier molecular flexibility index (Phi) is 3.65. The first kappa shape index (κ1) is 12.6. The highest BCUT2D eigenvalue weighted by Gasteiger charge is 2.27. The van der Waals surface area contributed by atoms with Crippen LogP contribution in [0.25, 0.3) is 0 Å². The maximum absolute atomic E-state index is 12.7. The molecule has 0 heterocycles. The molecule has 0 spiro atoms. The SMILES string of the molecule is CN(Cc1ccc(F)cc1)C(=O)C(C)(C)O. The summed E-state index contributed by atoms with van der Waals surface area (Å²) >= 11 is 0. The van der Waals surface area contributed by atoms with E-state index in [0.29, 0.717) is 6.54 Å². The minimum atomic E-state index is -1.38. The molecular formula is C12H16FNO2. The number of nitrogens with zero attached hydrogens (tertiary/aromatic N) is 1. The molecule has 0 unspecified atom stereocenters. The predicted octanol–water partition coefficient (Wildman–Crippen LogP) is 1.56. The average Bonchev–Trinajstić information content (AvgIpc) is 2.19. The number of hydrogen-bond donors (Lipinski definition) is 1. The number of halogens is 1. The first-order valence-electron chi connectivity index (χ1n) is 5.03. The Balaban J connectivity index is 2.68. The largest absolute Gasteiger partial charge is 0.381 e. The number of amides is 1. The summed E-state index contributed by atoms with van der Waals surface area (Å²) in [6.45, 7) is 3.23. The van der Waals surface area contributed by atoms with Gasteiger partial charge in [-0.15, -0.1) is 0 Å². The van der Waals surface area contributed by atoms with Crippen LogP contribution in [0.2, 0.25) is 0 Å². The van der Waals surface area contributed by atoms with Gasteiger partial charge in [-0.2, -0.15) is 0 Å². The minimum Gasteiger partial charge on any atom is -0.381 e. The summed E-state index contributed by atoms with van der Waals surface area (Å²) in [5.41, 5.74) is -0.559. The lowest BCUT2D eigenvalue weighted by atomic mass is 10.1. The van der Waals surface area contributed by atoms with E-state index in [4.69, 9.17) is 0 Å². The molecule has 0 bridgehead atoms. The zero-order valence-electron chi connectivity index (χ0n) is 9.70. The van der Waals surface area contributed by atoms with Crippen molar-refractivity contribution in [2.75, 3.05) is 7.05 Å². The minimum absolute atomic E-state index is 0.305. The van der Waals surface area contributed by atoms with Crippen LogP contribution in [0.4, 0.5) is 4.39 Å². The molecule has 1 rings (SSSR count). The number of aliphatic hydroxyl groups is 1. The van der Waals surface area contributed by atoms with Gasteiger partial charge in [0.15, 0.2) is 0 Å². The van der Waals surface area contributed by atoms with Crippen LogP contribution in [0.15, 0.2) is 24.3 Å². The number of rotatable bonds is 3. The lowest BCUT2D eigenvalue weighted by Crippen LogP contribution is -2.42. The molecule has 1 aromatic carbocycles. The molecule has 0 aliphatic rings. The molecule has 0 aliphatic heterocycles. The van der Waals surface area contributed by atoms with Crippen LogP contribution in [0.1, 0.15) is 19.4 Å². The van der Waals surface area contributed by atoms with E-state index in [1.807, 2.05) is 0 Å². The molecule has 1 aromatic rings. The van der Waals surface area contributed by atoms with Gasteiger partial charge in [-0.05, 0) is 31.5 Å². The van der Waals surface area contributed by atoms with Gasteiger partial charge in [0.25, 0.3) is 5.91 Å². The van der Waals surface area contributed by atoms with Crippen LogP contribution in [0.5, 0.6) is 0 Å². The van der Waals surface area contributed by atoms with Gasteiger partial charge in [-0.1, -0.05) is 12.1 Å². The smallest absolute Gasteiger partial charge is 0.253 e. The summed E-state index contributed by atoms with van der Waals surface area (Å²) in [7, 11) is 1.60. The van der Waals surface area contributed by atoms with Crippen LogP contribution in [-0.4, -0.2) is 28.6 Å². The Morgan fingerprint density at radius 3 is 2.31 bits per heavy atom. The predicted molar refractivity (Wildman–Crippen MR) is 59.2 cm³/mol. The molecule has 1 N–H and O–H groups in total. The van der Waals surface area contributed by atoms with Crippen LogP contribution in [0.3, 0.4) is 0 Å². The standard InChI is InChI=1S/C12H16FNO2/c1-12(2,16)11(15)14(3)8-9-4-6-10(13)7-5-9/h4-7,16H,8H2,1-3H3. The highest BCUT2D eigenvalue weighted by Crippen LogP contribution is 2.10. The average molecular weight is 225 g/mol. The third-order valence-electron chi connectivity index (χ3n) is 2.20. The molecule has 4 heteroatoms. The van der Waals surface area contributed by atoms with Crippen molar-refractivity contribution in [3.05, 3.63) is 35.6 Å². The molecule has 0 aromatic heterocycles. The van der Waals surface area contributed by atoms with E-state index < -0.39 is 5.60 Å². The van der Waals surface area contributed by atoms with Crippen molar-refractivity contribution in [1.29, 1.82) is 0 Å². The van der Waals surface area contributed by atoms with E-state index in [2.05, 4.69) is 0 Å². The molecule has 0 radical (unpaired) electrons. The van der Waals surface area contributed by atoms with Crippen LogP contribution in [-0.2, 0) is 11.3 Å². The molecule has 0 saturated heterocycles. The number of carbonyl (C=O) groups is 1. The van der Waals surface area contributed by atoms with Crippen molar-refractivity contribution in [3.8, 4) is 0 Å². The van der Waals surface area contributed by atoms with E-state index in [-0.39, 0.29) is 11.7 Å². The summed E-state index contributed by atoms with van der Waals surface area (Å²) in [6.07, 6.45) is 0. The summed E-state index contributed by atoms with van der Waals surface area (Å²) in [4.78, 5) is 13.0. The van der Waals surface area contributed by atoms with Crippen LogP contribution in [0, 0.1) is 5.82 Å². The van der Waals surface area contributed by atoms with Crippen molar-refractivity contribution in [3.63, 3.8) is 0 Å². The second-order valence-electron chi connectivity index (χ2n) is 4.35. The third-order valence-corrected chi connectivity index (χ3v) is 2.20. The van der Waals surface area contributed by atoms with Gasteiger partial charge in [0.2, 0.25) is 0 Å². The zero-order chi connectivity index (χ0) is 12.3. The maximum atomic E-state index is 12.7. The first-order valence-corrected chi connectivity index (χ1v) is 5.03. The molecule has 3 nitrogen and oxygen atoms in total. The zero-order valence-corrected chi connectivity index (χ0v) is 9.70. The fourth-order valence-electron chi connectivity index (χ4n) is 1.40. The molecule has 0 fully saturated rings. The Hall–Kier alpha value is -1.42. The molecule has 0 atom stereocenters. The Bertz CT molecular complexity index is 368. The number of likely N-dealkylation sites (N-methyl/N-ethyl adjacent to an activating group) is 1. The Labute approximate surface area is 94.5 Å². The quantitative estimate of drug-likeness (QED) is 0.848. The van der Waals surface area contributed by atoms with Gasteiger partial charge in [-0.25, -0.2) is 4.39 Å². The highest BCUT2D eigenvalue weighted by molar-refractivity contribution is 5.83. The normalized spacial score (nSPS) is 11.3. The van der Waals surface area contributed by atoms with Gasteiger partial charge >= 0.3 is 0 Å². The van der Waals surface area contributed by atoms with Crippen molar-refractivity contribution in [2.45, 2.75) is 26.0 Å². The second-order valence-corrected chi connectivity index (χ2v) is 4.35.